The molecule has 0 radical (unpaired) electrons. The summed E-state index contributed by atoms with van der Waals surface area (Å²) in [6.45, 7) is 1.24. The number of benzene rings is 1. The first-order valence-electron chi connectivity index (χ1n) is 5.28. The molecule has 0 unspecified atom stereocenters. The molecule has 17 heavy (non-hydrogen) atoms. The second-order valence-corrected chi connectivity index (χ2v) is 4.80. The molecule has 88 valence electrons. The third kappa shape index (κ3) is 3.37. The van der Waals surface area contributed by atoms with Crippen LogP contribution in [0.5, 0.6) is 0 Å². The zero-order valence-electron chi connectivity index (χ0n) is 9.23. The quantitative estimate of drug-likeness (QED) is 0.838. The summed E-state index contributed by atoms with van der Waals surface area (Å²) < 4.78 is 1.02. The Kier molecular flexibility index (Phi) is 4.27. The van der Waals surface area contributed by atoms with Crippen molar-refractivity contribution < 1.29 is 0 Å². The molecule has 3 N–H and O–H groups in total. The van der Waals surface area contributed by atoms with E-state index in [4.69, 9.17) is 5.73 Å². The Hall–Kier alpha value is -1.21. The maximum absolute atomic E-state index is 5.68. The van der Waals surface area contributed by atoms with Crippen LogP contribution < -0.4 is 11.1 Å². The summed E-state index contributed by atoms with van der Waals surface area (Å²) in [5.41, 5.74) is 8.00. The molecule has 0 aliphatic heterocycles. The fourth-order valence-corrected chi connectivity index (χ4v) is 1.79. The molecule has 0 bridgehead atoms. The van der Waals surface area contributed by atoms with Crippen LogP contribution in [-0.2, 0) is 13.1 Å². The molecular formula is C12H13IN4. The van der Waals surface area contributed by atoms with Crippen molar-refractivity contribution in [1.29, 1.82) is 0 Å². The summed E-state index contributed by atoms with van der Waals surface area (Å²) in [5.74, 6) is 0.636. The first-order chi connectivity index (χ1) is 8.29. The first kappa shape index (κ1) is 12.3. The average molecular weight is 340 g/mol. The topological polar surface area (TPSA) is 63.8 Å². The van der Waals surface area contributed by atoms with Gasteiger partial charge in [0.05, 0.1) is 0 Å². The lowest BCUT2D eigenvalue weighted by Crippen LogP contribution is -2.08. The van der Waals surface area contributed by atoms with Gasteiger partial charge in [0.25, 0.3) is 0 Å². The first-order valence-corrected chi connectivity index (χ1v) is 6.35. The Morgan fingerprint density at radius 3 is 2.41 bits per heavy atom. The van der Waals surface area contributed by atoms with E-state index in [1.165, 1.54) is 5.56 Å². The second-order valence-electron chi connectivity index (χ2n) is 3.55. The minimum absolute atomic E-state index is 0.547. The van der Waals surface area contributed by atoms with Gasteiger partial charge in [0, 0.05) is 29.1 Å². The van der Waals surface area contributed by atoms with Gasteiger partial charge in [-0.05, 0) is 33.7 Å². The second kappa shape index (κ2) is 5.92. The standard InChI is InChI=1S/C12H13IN4/c13-11-7-16-12(17-8-11)15-6-10-4-2-1-3-9(10)5-14/h1-4,7-8H,5-6,14H2,(H,15,16,17). The highest BCUT2D eigenvalue weighted by Gasteiger charge is 2.00. The lowest BCUT2D eigenvalue weighted by Gasteiger charge is -2.08. The van der Waals surface area contributed by atoms with Crippen molar-refractivity contribution >= 4 is 28.5 Å². The highest BCUT2D eigenvalue weighted by atomic mass is 127. The average Bonchev–Trinajstić information content (AvgIpc) is 2.38. The van der Waals surface area contributed by atoms with E-state index >= 15 is 0 Å². The Morgan fingerprint density at radius 1 is 1.12 bits per heavy atom. The number of nitrogens with two attached hydrogens (primary N) is 1. The predicted molar refractivity (Wildman–Crippen MR) is 76.4 cm³/mol. The summed E-state index contributed by atoms with van der Waals surface area (Å²) in [7, 11) is 0. The molecule has 0 atom stereocenters. The van der Waals surface area contributed by atoms with Gasteiger partial charge >= 0.3 is 0 Å². The van der Waals surface area contributed by atoms with Crippen molar-refractivity contribution in [2.24, 2.45) is 5.73 Å². The molecule has 0 fully saturated rings. The maximum atomic E-state index is 5.68. The van der Waals surface area contributed by atoms with E-state index < -0.39 is 0 Å². The number of hydrogen-bond acceptors (Lipinski definition) is 4. The Bertz CT molecular complexity index is 484. The number of aromatic nitrogens is 2. The molecule has 5 heteroatoms. The van der Waals surface area contributed by atoms with E-state index in [0.717, 1.165) is 9.13 Å². The van der Waals surface area contributed by atoms with Gasteiger partial charge in [-0.3, -0.25) is 0 Å². The number of anilines is 1. The number of halogens is 1. The number of rotatable bonds is 4. The van der Waals surface area contributed by atoms with Gasteiger partial charge in [-0.1, -0.05) is 24.3 Å². The summed E-state index contributed by atoms with van der Waals surface area (Å²) in [6.07, 6.45) is 3.56. The summed E-state index contributed by atoms with van der Waals surface area (Å²) >= 11 is 2.18. The van der Waals surface area contributed by atoms with Crippen LogP contribution in [0, 0.1) is 3.57 Å². The molecule has 0 saturated heterocycles. The zero-order chi connectivity index (χ0) is 12.1. The van der Waals surface area contributed by atoms with E-state index in [0.29, 0.717) is 19.0 Å². The van der Waals surface area contributed by atoms with Crippen LogP contribution in [0.25, 0.3) is 0 Å². The van der Waals surface area contributed by atoms with E-state index in [-0.39, 0.29) is 0 Å². The van der Waals surface area contributed by atoms with E-state index in [1.807, 2.05) is 18.2 Å². The van der Waals surface area contributed by atoms with Crippen LogP contribution in [0.4, 0.5) is 5.95 Å². The van der Waals surface area contributed by atoms with Gasteiger partial charge in [-0.15, -0.1) is 0 Å². The van der Waals surface area contributed by atoms with Crippen LogP contribution >= 0.6 is 22.6 Å². The van der Waals surface area contributed by atoms with E-state index in [9.17, 15) is 0 Å². The van der Waals surface area contributed by atoms with Crippen molar-refractivity contribution in [3.05, 3.63) is 51.4 Å². The molecule has 2 rings (SSSR count). The monoisotopic (exact) mass is 340 g/mol. The highest BCUT2D eigenvalue weighted by molar-refractivity contribution is 14.1. The Balaban J connectivity index is 2.04. The highest BCUT2D eigenvalue weighted by Crippen LogP contribution is 2.10. The molecule has 1 aromatic heterocycles. The van der Waals surface area contributed by atoms with Gasteiger partial charge in [-0.25, -0.2) is 9.97 Å². The molecule has 1 aromatic carbocycles. The van der Waals surface area contributed by atoms with Gasteiger partial charge in [0.15, 0.2) is 0 Å². The Morgan fingerprint density at radius 2 is 1.76 bits per heavy atom. The normalized spacial score (nSPS) is 10.2. The van der Waals surface area contributed by atoms with E-state index in [1.54, 1.807) is 12.4 Å². The van der Waals surface area contributed by atoms with Crippen molar-refractivity contribution in [1.82, 2.24) is 9.97 Å². The van der Waals surface area contributed by atoms with Crippen molar-refractivity contribution in [2.75, 3.05) is 5.32 Å². The van der Waals surface area contributed by atoms with E-state index in [2.05, 4.69) is 43.9 Å². The minimum atomic E-state index is 0.547. The molecule has 0 saturated carbocycles. The van der Waals surface area contributed by atoms with Crippen molar-refractivity contribution in [3.63, 3.8) is 0 Å². The molecule has 2 aromatic rings. The van der Waals surface area contributed by atoms with Crippen molar-refractivity contribution in [3.8, 4) is 0 Å². The third-order valence-electron chi connectivity index (χ3n) is 2.40. The summed E-state index contributed by atoms with van der Waals surface area (Å²) in [6, 6.07) is 8.09. The third-order valence-corrected chi connectivity index (χ3v) is 2.95. The van der Waals surface area contributed by atoms with Crippen LogP contribution in [0.2, 0.25) is 0 Å². The molecule has 0 spiro atoms. The maximum Gasteiger partial charge on any atom is 0.222 e. The van der Waals surface area contributed by atoms with Crippen LogP contribution in [0.1, 0.15) is 11.1 Å². The smallest absolute Gasteiger partial charge is 0.222 e. The molecule has 4 nitrogen and oxygen atoms in total. The number of hydrogen-bond donors (Lipinski definition) is 2. The lowest BCUT2D eigenvalue weighted by atomic mass is 10.1. The summed E-state index contributed by atoms with van der Waals surface area (Å²) in [5, 5.41) is 3.18. The fourth-order valence-electron chi connectivity index (χ4n) is 1.51. The fraction of sp³-hybridized carbons (Fsp3) is 0.167. The molecule has 0 aliphatic carbocycles. The van der Waals surface area contributed by atoms with Crippen LogP contribution in [0.15, 0.2) is 36.7 Å². The predicted octanol–water partition coefficient (Wildman–Crippen LogP) is 2.15. The SMILES string of the molecule is NCc1ccccc1CNc1ncc(I)cn1. The molecule has 0 amide bonds. The van der Waals surface area contributed by atoms with Gasteiger partial charge in [-0.2, -0.15) is 0 Å². The summed E-state index contributed by atoms with van der Waals surface area (Å²) in [4.78, 5) is 8.38. The Labute approximate surface area is 114 Å². The minimum Gasteiger partial charge on any atom is -0.350 e. The van der Waals surface area contributed by atoms with Gasteiger partial charge < -0.3 is 11.1 Å². The van der Waals surface area contributed by atoms with Gasteiger partial charge in [0.2, 0.25) is 5.95 Å². The molecular weight excluding hydrogens is 327 g/mol. The largest absolute Gasteiger partial charge is 0.350 e. The number of nitrogens with zero attached hydrogens (tertiary/aromatic N) is 2. The zero-order valence-corrected chi connectivity index (χ0v) is 11.4. The van der Waals surface area contributed by atoms with Crippen LogP contribution in [0.3, 0.4) is 0 Å². The van der Waals surface area contributed by atoms with Gasteiger partial charge in [0.1, 0.15) is 0 Å². The van der Waals surface area contributed by atoms with Crippen LogP contribution in [-0.4, -0.2) is 9.97 Å². The van der Waals surface area contributed by atoms with Crippen molar-refractivity contribution in [2.45, 2.75) is 13.1 Å². The lowest BCUT2D eigenvalue weighted by molar-refractivity contribution is 0.987. The number of nitrogens with one attached hydrogen (secondary N) is 1. The molecule has 0 aliphatic rings. The molecule has 1 heterocycles.